The van der Waals surface area contributed by atoms with Crippen LogP contribution >= 0.6 is 11.8 Å². The lowest BCUT2D eigenvalue weighted by Gasteiger charge is -2.20. The standard InChI is InChI=1S/C19H18F2N4O2S/c1-25-12-22-24-19(25)28-11-16(26)23-17(13-5-3-2-4-6-13)14-7-9-15(10-8-14)27-18(20)21/h2-10,12,17-18H,11H2,1H3,(H,23,26)/t17-/m0/s1. The molecule has 9 heteroatoms. The molecule has 2 aromatic carbocycles. The number of thioether (sulfide) groups is 1. The van der Waals surface area contributed by atoms with Gasteiger partial charge in [-0.1, -0.05) is 54.2 Å². The third kappa shape index (κ3) is 5.29. The molecular weight excluding hydrogens is 386 g/mol. The molecule has 0 aliphatic heterocycles. The van der Waals surface area contributed by atoms with Crippen molar-refractivity contribution in [3.63, 3.8) is 0 Å². The Bertz CT molecular complexity index is 904. The molecule has 0 saturated heterocycles. The zero-order valence-corrected chi connectivity index (χ0v) is 15.8. The molecule has 0 bridgehead atoms. The van der Waals surface area contributed by atoms with Crippen LogP contribution < -0.4 is 10.1 Å². The smallest absolute Gasteiger partial charge is 0.387 e. The lowest BCUT2D eigenvalue weighted by Crippen LogP contribution is -2.30. The topological polar surface area (TPSA) is 69.0 Å². The van der Waals surface area contributed by atoms with Crippen molar-refractivity contribution in [1.29, 1.82) is 0 Å². The van der Waals surface area contributed by atoms with E-state index in [1.165, 1.54) is 23.9 Å². The monoisotopic (exact) mass is 404 g/mol. The van der Waals surface area contributed by atoms with Crippen LogP contribution in [0.15, 0.2) is 66.1 Å². The third-order valence-corrected chi connectivity index (χ3v) is 4.91. The van der Waals surface area contributed by atoms with Crippen molar-refractivity contribution in [2.75, 3.05) is 5.75 Å². The molecule has 3 aromatic rings. The number of hydrogen-bond acceptors (Lipinski definition) is 5. The molecule has 28 heavy (non-hydrogen) atoms. The summed E-state index contributed by atoms with van der Waals surface area (Å²) in [7, 11) is 1.80. The second-order valence-corrected chi connectivity index (χ2v) is 6.81. The van der Waals surface area contributed by atoms with Crippen molar-refractivity contribution >= 4 is 17.7 Å². The number of aryl methyl sites for hydroxylation is 1. The highest BCUT2D eigenvalue weighted by Crippen LogP contribution is 2.25. The molecule has 0 radical (unpaired) electrons. The van der Waals surface area contributed by atoms with Gasteiger partial charge in [-0.3, -0.25) is 4.79 Å². The van der Waals surface area contributed by atoms with Crippen LogP contribution in [0.4, 0.5) is 8.78 Å². The minimum Gasteiger partial charge on any atom is -0.435 e. The quantitative estimate of drug-likeness (QED) is 0.583. The average Bonchev–Trinajstić information content (AvgIpc) is 3.10. The van der Waals surface area contributed by atoms with Crippen molar-refractivity contribution in [1.82, 2.24) is 20.1 Å². The van der Waals surface area contributed by atoms with E-state index in [1.807, 2.05) is 30.3 Å². The van der Waals surface area contributed by atoms with Crippen LogP contribution in [0.25, 0.3) is 0 Å². The fraction of sp³-hybridized carbons (Fsp3) is 0.211. The van der Waals surface area contributed by atoms with E-state index in [1.54, 1.807) is 30.1 Å². The minimum atomic E-state index is -2.88. The molecule has 0 saturated carbocycles. The molecule has 0 unspecified atom stereocenters. The second kappa shape index (κ2) is 9.32. The van der Waals surface area contributed by atoms with Gasteiger partial charge in [0.1, 0.15) is 12.1 Å². The van der Waals surface area contributed by atoms with Gasteiger partial charge in [-0.15, -0.1) is 10.2 Å². The van der Waals surface area contributed by atoms with Gasteiger partial charge in [-0.25, -0.2) is 0 Å². The Balaban J connectivity index is 1.74. The molecule has 3 rings (SSSR count). The first-order valence-electron chi connectivity index (χ1n) is 8.39. The fourth-order valence-electron chi connectivity index (χ4n) is 2.58. The molecule has 0 spiro atoms. The van der Waals surface area contributed by atoms with Gasteiger partial charge in [0.2, 0.25) is 5.91 Å². The highest BCUT2D eigenvalue weighted by molar-refractivity contribution is 7.99. The van der Waals surface area contributed by atoms with Gasteiger partial charge >= 0.3 is 6.61 Å². The maximum atomic E-state index is 12.5. The average molecular weight is 404 g/mol. The van der Waals surface area contributed by atoms with Crippen molar-refractivity contribution in [2.24, 2.45) is 7.05 Å². The van der Waals surface area contributed by atoms with E-state index in [0.717, 1.165) is 11.1 Å². The normalized spacial score (nSPS) is 12.0. The number of nitrogens with zero attached hydrogens (tertiary/aromatic N) is 3. The van der Waals surface area contributed by atoms with Gasteiger partial charge in [0.15, 0.2) is 5.16 Å². The predicted octanol–water partition coefficient (Wildman–Crippen LogP) is 3.41. The van der Waals surface area contributed by atoms with Gasteiger partial charge < -0.3 is 14.6 Å². The number of amides is 1. The van der Waals surface area contributed by atoms with E-state index in [9.17, 15) is 13.6 Å². The molecule has 1 atom stereocenters. The maximum absolute atomic E-state index is 12.5. The number of hydrogen-bond donors (Lipinski definition) is 1. The number of rotatable bonds is 8. The number of carbonyl (C=O) groups excluding carboxylic acids is 1. The first kappa shape index (κ1) is 19.8. The zero-order valence-electron chi connectivity index (χ0n) is 15.0. The number of benzene rings is 2. The summed E-state index contributed by atoms with van der Waals surface area (Å²) >= 11 is 1.28. The highest BCUT2D eigenvalue weighted by atomic mass is 32.2. The Kier molecular flexibility index (Phi) is 6.59. The third-order valence-electron chi connectivity index (χ3n) is 3.88. The summed E-state index contributed by atoms with van der Waals surface area (Å²) in [6.07, 6.45) is 1.57. The summed E-state index contributed by atoms with van der Waals surface area (Å²) < 4.78 is 30.8. The molecule has 146 valence electrons. The van der Waals surface area contributed by atoms with Crippen LogP contribution in [0.2, 0.25) is 0 Å². The van der Waals surface area contributed by atoms with Crippen LogP contribution in [0, 0.1) is 0 Å². The van der Waals surface area contributed by atoms with Gasteiger partial charge in [0, 0.05) is 7.05 Å². The molecule has 1 heterocycles. The Morgan fingerprint density at radius 1 is 1.14 bits per heavy atom. The molecule has 1 amide bonds. The Hall–Kier alpha value is -2.94. The van der Waals surface area contributed by atoms with E-state index in [2.05, 4.69) is 20.3 Å². The lowest BCUT2D eigenvalue weighted by atomic mass is 9.98. The Morgan fingerprint density at radius 3 is 2.43 bits per heavy atom. The summed E-state index contributed by atoms with van der Waals surface area (Å²) in [5.41, 5.74) is 1.63. The predicted molar refractivity (Wildman–Crippen MR) is 101 cm³/mol. The molecule has 1 N–H and O–H groups in total. The van der Waals surface area contributed by atoms with Crippen molar-refractivity contribution in [3.05, 3.63) is 72.1 Å². The molecule has 1 aromatic heterocycles. The molecular formula is C19H18F2N4O2S. The number of nitrogens with one attached hydrogen (secondary N) is 1. The van der Waals surface area contributed by atoms with Crippen molar-refractivity contribution in [3.8, 4) is 5.75 Å². The second-order valence-electron chi connectivity index (χ2n) is 5.87. The van der Waals surface area contributed by atoms with E-state index in [0.29, 0.717) is 5.16 Å². The number of ether oxygens (including phenoxy) is 1. The summed E-state index contributed by atoms with van der Waals surface area (Å²) in [6, 6.07) is 15.2. The molecule has 0 aliphatic carbocycles. The Morgan fingerprint density at radius 2 is 1.82 bits per heavy atom. The number of aromatic nitrogens is 3. The van der Waals surface area contributed by atoms with E-state index < -0.39 is 12.7 Å². The summed E-state index contributed by atoms with van der Waals surface area (Å²) in [6.45, 7) is -2.88. The number of alkyl halides is 2. The van der Waals surface area contributed by atoms with Crippen LogP contribution in [-0.2, 0) is 11.8 Å². The molecule has 6 nitrogen and oxygen atoms in total. The van der Waals surface area contributed by atoms with Crippen LogP contribution in [0.5, 0.6) is 5.75 Å². The lowest BCUT2D eigenvalue weighted by molar-refractivity contribution is -0.119. The van der Waals surface area contributed by atoms with E-state index in [4.69, 9.17) is 0 Å². The highest BCUT2D eigenvalue weighted by Gasteiger charge is 2.18. The van der Waals surface area contributed by atoms with Crippen molar-refractivity contribution < 1.29 is 18.3 Å². The maximum Gasteiger partial charge on any atom is 0.387 e. The Labute approximate surface area is 164 Å². The first-order chi connectivity index (χ1) is 13.5. The first-order valence-corrected chi connectivity index (χ1v) is 9.37. The number of carbonyl (C=O) groups is 1. The largest absolute Gasteiger partial charge is 0.435 e. The van der Waals surface area contributed by atoms with Crippen LogP contribution in [-0.4, -0.2) is 33.0 Å². The fourth-order valence-corrected chi connectivity index (χ4v) is 3.28. The van der Waals surface area contributed by atoms with Gasteiger partial charge in [0.25, 0.3) is 0 Å². The zero-order chi connectivity index (χ0) is 19.9. The number of halogens is 2. The SMILES string of the molecule is Cn1cnnc1SCC(=O)N[C@@H](c1ccccc1)c1ccc(OC(F)F)cc1. The van der Waals surface area contributed by atoms with Gasteiger partial charge in [-0.05, 0) is 23.3 Å². The van der Waals surface area contributed by atoms with Gasteiger partial charge in [-0.2, -0.15) is 8.78 Å². The van der Waals surface area contributed by atoms with Gasteiger partial charge in [0.05, 0.1) is 11.8 Å². The molecule has 0 fully saturated rings. The van der Waals surface area contributed by atoms with E-state index >= 15 is 0 Å². The van der Waals surface area contributed by atoms with Crippen LogP contribution in [0.1, 0.15) is 17.2 Å². The summed E-state index contributed by atoms with van der Waals surface area (Å²) in [5, 5.41) is 11.3. The summed E-state index contributed by atoms with van der Waals surface area (Å²) in [4.78, 5) is 12.5. The van der Waals surface area contributed by atoms with Crippen LogP contribution in [0.3, 0.4) is 0 Å². The van der Waals surface area contributed by atoms with Crippen molar-refractivity contribution in [2.45, 2.75) is 17.8 Å². The summed E-state index contributed by atoms with van der Waals surface area (Å²) in [5.74, 6) is 0.0482. The minimum absolute atomic E-state index is 0.0646. The van der Waals surface area contributed by atoms with E-state index in [-0.39, 0.29) is 17.4 Å². The molecule has 0 aliphatic rings.